The molecule has 2 N–H and O–H groups in total. The predicted molar refractivity (Wildman–Crippen MR) is 88.7 cm³/mol. The summed E-state index contributed by atoms with van der Waals surface area (Å²) in [6, 6.07) is 14.6. The summed E-state index contributed by atoms with van der Waals surface area (Å²) in [5.41, 5.74) is 10.7. The lowest BCUT2D eigenvalue weighted by atomic mass is 9.93. The van der Waals surface area contributed by atoms with Gasteiger partial charge in [0.05, 0.1) is 0 Å². The number of ether oxygens (including phenoxy) is 1. The maximum absolute atomic E-state index is 6.11. The molecule has 0 bridgehead atoms. The molecule has 2 aromatic rings. The molecule has 0 amide bonds. The van der Waals surface area contributed by atoms with Crippen molar-refractivity contribution in [2.75, 3.05) is 0 Å². The molecule has 0 aromatic heterocycles. The Morgan fingerprint density at radius 1 is 0.952 bits per heavy atom. The van der Waals surface area contributed by atoms with Crippen LogP contribution in [0.2, 0.25) is 0 Å². The van der Waals surface area contributed by atoms with Gasteiger partial charge in [0.2, 0.25) is 0 Å². The van der Waals surface area contributed by atoms with Crippen LogP contribution in [0, 0.1) is 13.8 Å². The molecule has 2 aromatic carbocycles. The van der Waals surface area contributed by atoms with E-state index in [1.165, 1.54) is 22.3 Å². The first-order valence-electron chi connectivity index (χ1n) is 7.41. The monoisotopic (exact) mass is 283 g/mol. The van der Waals surface area contributed by atoms with Crippen LogP contribution in [0.4, 0.5) is 0 Å². The van der Waals surface area contributed by atoms with Crippen LogP contribution in [0.15, 0.2) is 42.5 Å². The minimum atomic E-state index is -0.189. The Morgan fingerprint density at radius 2 is 1.52 bits per heavy atom. The van der Waals surface area contributed by atoms with Crippen molar-refractivity contribution >= 4 is 0 Å². The standard InChI is InChI=1S/C19H25NO/c1-14-10-17(12-19(3,4)20)11-15(2)18(14)21-13-16-8-6-5-7-9-16/h5-11H,12-13,20H2,1-4H3. The topological polar surface area (TPSA) is 35.2 Å². The first kappa shape index (κ1) is 15.6. The summed E-state index contributed by atoms with van der Waals surface area (Å²) in [6.45, 7) is 8.90. The number of aryl methyl sites for hydroxylation is 2. The predicted octanol–water partition coefficient (Wildman–Crippen LogP) is 4.16. The van der Waals surface area contributed by atoms with Crippen molar-refractivity contribution in [1.82, 2.24) is 0 Å². The average molecular weight is 283 g/mol. The zero-order valence-corrected chi connectivity index (χ0v) is 13.4. The highest BCUT2D eigenvalue weighted by atomic mass is 16.5. The zero-order chi connectivity index (χ0) is 15.5. The molecule has 0 heterocycles. The molecule has 0 saturated carbocycles. The lowest BCUT2D eigenvalue weighted by Crippen LogP contribution is -2.34. The van der Waals surface area contributed by atoms with Crippen LogP contribution in [0.5, 0.6) is 5.75 Å². The van der Waals surface area contributed by atoms with Crippen molar-refractivity contribution in [1.29, 1.82) is 0 Å². The van der Waals surface area contributed by atoms with Crippen LogP contribution in [0.25, 0.3) is 0 Å². The molecule has 0 aliphatic rings. The van der Waals surface area contributed by atoms with Crippen molar-refractivity contribution in [2.24, 2.45) is 5.73 Å². The van der Waals surface area contributed by atoms with Crippen molar-refractivity contribution in [3.63, 3.8) is 0 Å². The third-order valence-electron chi connectivity index (χ3n) is 3.41. The van der Waals surface area contributed by atoms with Gasteiger partial charge in [0.1, 0.15) is 12.4 Å². The summed E-state index contributed by atoms with van der Waals surface area (Å²) in [7, 11) is 0. The quantitative estimate of drug-likeness (QED) is 0.894. The van der Waals surface area contributed by atoms with E-state index < -0.39 is 0 Å². The van der Waals surface area contributed by atoms with E-state index in [1.54, 1.807) is 0 Å². The molecule has 0 radical (unpaired) electrons. The fourth-order valence-electron chi connectivity index (χ4n) is 2.63. The fourth-order valence-corrected chi connectivity index (χ4v) is 2.63. The van der Waals surface area contributed by atoms with E-state index in [-0.39, 0.29) is 5.54 Å². The van der Waals surface area contributed by atoms with E-state index in [9.17, 15) is 0 Å². The van der Waals surface area contributed by atoms with Gasteiger partial charge in [-0.05, 0) is 56.4 Å². The highest BCUT2D eigenvalue weighted by Gasteiger charge is 2.14. The second kappa shape index (κ2) is 6.31. The van der Waals surface area contributed by atoms with E-state index in [4.69, 9.17) is 10.5 Å². The van der Waals surface area contributed by atoms with Crippen molar-refractivity contribution in [3.05, 3.63) is 64.7 Å². The lowest BCUT2D eigenvalue weighted by molar-refractivity contribution is 0.302. The van der Waals surface area contributed by atoms with Crippen LogP contribution in [-0.4, -0.2) is 5.54 Å². The van der Waals surface area contributed by atoms with Gasteiger partial charge in [0.25, 0.3) is 0 Å². The lowest BCUT2D eigenvalue weighted by Gasteiger charge is -2.20. The second-order valence-electron chi connectivity index (χ2n) is 6.50. The number of rotatable bonds is 5. The Bertz CT molecular complexity index is 574. The largest absolute Gasteiger partial charge is 0.488 e. The van der Waals surface area contributed by atoms with E-state index >= 15 is 0 Å². The zero-order valence-electron chi connectivity index (χ0n) is 13.4. The van der Waals surface area contributed by atoms with E-state index in [0.29, 0.717) is 6.61 Å². The third-order valence-corrected chi connectivity index (χ3v) is 3.41. The summed E-state index contributed by atoms with van der Waals surface area (Å²) in [6.07, 6.45) is 0.869. The highest BCUT2D eigenvalue weighted by Crippen LogP contribution is 2.27. The van der Waals surface area contributed by atoms with Crippen LogP contribution >= 0.6 is 0 Å². The summed E-state index contributed by atoms with van der Waals surface area (Å²) in [5.74, 6) is 0.984. The third kappa shape index (κ3) is 4.61. The molecule has 0 aliphatic heterocycles. The normalized spacial score (nSPS) is 11.5. The summed E-state index contributed by atoms with van der Waals surface area (Å²) in [4.78, 5) is 0. The molecule has 21 heavy (non-hydrogen) atoms. The maximum Gasteiger partial charge on any atom is 0.125 e. The number of hydrogen-bond donors (Lipinski definition) is 1. The number of nitrogens with two attached hydrogens (primary N) is 1. The second-order valence-corrected chi connectivity index (χ2v) is 6.50. The molecular weight excluding hydrogens is 258 g/mol. The van der Waals surface area contributed by atoms with Crippen LogP contribution in [0.1, 0.15) is 36.1 Å². The molecule has 2 heteroatoms. The minimum absolute atomic E-state index is 0.189. The Morgan fingerprint density at radius 3 is 2.05 bits per heavy atom. The summed E-state index contributed by atoms with van der Waals surface area (Å²) >= 11 is 0. The minimum Gasteiger partial charge on any atom is -0.488 e. The van der Waals surface area contributed by atoms with Gasteiger partial charge < -0.3 is 10.5 Å². The average Bonchev–Trinajstić information content (AvgIpc) is 2.37. The van der Waals surface area contributed by atoms with Gasteiger partial charge in [0, 0.05) is 5.54 Å². The van der Waals surface area contributed by atoms with Gasteiger partial charge in [-0.1, -0.05) is 42.5 Å². The van der Waals surface area contributed by atoms with Crippen LogP contribution < -0.4 is 10.5 Å². The molecule has 0 unspecified atom stereocenters. The molecule has 0 aliphatic carbocycles. The SMILES string of the molecule is Cc1cc(CC(C)(C)N)cc(C)c1OCc1ccccc1. The molecule has 0 fully saturated rings. The van der Waals surface area contributed by atoms with Gasteiger partial charge in [-0.15, -0.1) is 0 Å². The van der Waals surface area contributed by atoms with Gasteiger partial charge in [-0.25, -0.2) is 0 Å². The van der Waals surface area contributed by atoms with E-state index in [1.807, 2.05) is 18.2 Å². The molecular formula is C19H25NO. The summed E-state index contributed by atoms with van der Waals surface area (Å²) in [5, 5.41) is 0. The first-order chi connectivity index (χ1) is 9.85. The molecule has 2 nitrogen and oxygen atoms in total. The van der Waals surface area contributed by atoms with Gasteiger partial charge in [-0.2, -0.15) is 0 Å². The van der Waals surface area contributed by atoms with Crippen molar-refractivity contribution in [2.45, 2.75) is 46.3 Å². The molecule has 0 saturated heterocycles. The van der Waals surface area contributed by atoms with Gasteiger partial charge in [-0.3, -0.25) is 0 Å². The van der Waals surface area contributed by atoms with Gasteiger partial charge in [0.15, 0.2) is 0 Å². The highest BCUT2D eigenvalue weighted by molar-refractivity contribution is 5.44. The van der Waals surface area contributed by atoms with E-state index in [2.05, 4.69) is 52.0 Å². The Labute approximate surface area is 127 Å². The molecule has 0 atom stereocenters. The number of benzene rings is 2. The fraction of sp³-hybridized carbons (Fsp3) is 0.368. The first-order valence-corrected chi connectivity index (χ1v) is 7.41. The number of hydrogen-bond acceptors (Lipinski definition) is 2. The van der Waals surface area contributed by atoms with E-state index in [0.717, 1.165) is 12.2 Å². The summed E-state index contributed by atoms with van der Waals surface area (Å²) < 4.78 is 6.01. The maximum atomic E-state index is 6.11. The Kier molecular flexibility index (Phi) is 4.69. The van der Waals surface area contributed by atoms with Crippen molar-refractivity contribution < 1.29 is 4.74 Å². The Hall–Kier alpha value is -1.80. The van der Waals surface area contributed by atoms with Gasteiger partial charge >= 0.3 is 0 Å². The molecule has 2 rings (SSSR count). The smallest absolute Gasteiger partial charge is 0.125 e. The Balaban J connectivity index is 2.14. The molecule has 112 valence electrons. The van der Waals surface area contributed by atoms with Crippen molar-refractivity contribution in [3.8, 4) is 5.75 Å². The van der Waals surface area contributed by atoms with Crippen LogP contribution in [0.3, 0.4) is 0 Å². The van der Waals surface area contributed by atoms with Crippen LogP contribution in [-0.2, 0) is 13.0 Å². The molecule has 0 spiro atoms.